The van der Waals surface area contributed by atoms with Crippen molar-refractivity contribution in [3.8, 4) is 5.75 Å². The Morgan fingerprint density at radius 3 is 2.17 bits per heavy atom. The van der Waals surface area contributed by atoms with E-state index in [9.17, 15) is 14.7 Å². The highest BCUT2D eigenvalue weighted by Gasteiger charge is 2.46. The van der Waals surface area contributed by atoms with Gasteiger partial charge < -0.3 is 9.84 Å². The van der Waals surface area contributed by atoms with E-state index < -0.39 is 17.7 Å². The molecule has 1 aliphatic rings. The van der Waals surface area contributed by atoms with Gasteiger partial charge in [0.2, 0.25) is 0 Å². The minimum atomic E-state index is -0.795. The number of rotatable bonds is 4. The van der Waals surface area contributed by atoms with E-state index >= 15 is 0 Å². The number of aliphatic hydroxyl groups is 1. The summed E-state index contributed by atoms with van der Waals surface area (Å²) in [4.78, 5) is 27.4. The average molecular weight is 420 g/mol. The molecule has 1 heterocycles. The molecule has 30 heavy (non-hydrogen) atoms. The minimum Gasteiger partial charge on any atom is -0.507 e. The summed E-state index contributed by atoms with van der Waals surface area (Å²) in [6.45, 7) is 0. The standard InChI is InChI=1S/C24H18ClNO4/c1-30-19-13-11-18(12-14-19)26-21(15-7-9-17(25)10-8-15)20(23(28)24(26)29)22(27)16-5-3-2-4-6-16/h2-14,21,27H,1H3/t21-/m1/s1. The van der Waals surface area contributed by atoms with Crippen molar-refractivity contribution in [3.63, 3.8) is 0 Å². The molecular formula is C24H18ClNO4. The fourth-order valence-corrected chi connectivity index (χ4v) is 3.68. The Morgan fingerprint density at radius 1 is 0.933 bits per heavy atom. The second-order valence-corrected chi connectivity index (χ2v) is 7.22. The summed E-state index contributed by atoms with van der Waals surface area (Å²) in [6, 6.07) is 21.6. The number of Topliss-reactive ketones (excluding diaryl/α,β-unsaturated/α-hetero) is 1. The van der Waals surface area contributed by atoms with Gasteiger partial charge in [0.05, 0.1) is 18.7 Å². The molecule has 3 aromatic rings. The quantitative estimate of drug-likeness (QED) is 0.368. The molecule has 0 aliphatic carbocycles. The topological polar surface area (TPSA) is 66.8 Å². The van der Waals surface area contributed by atoms with Crippen molar-refractivity contribution in [3.05, 3.63) is 101 Å². The van der Waals surface area contributed by atoms with Crippen molar-refractivity contribution >= 4 is 34.7 Å². The number of carbonyl (C=O) groups is 2. The van der Waals surface area contributed by atoms with Crippen LogP contribution in [0.5, 0.6) is 5.75 Å². The first-order valence-corrected chi connectivity index (χ1v) is 9.65. The summed E-state index contributed by atoms with van der Waals surface area (Å²) in [5, 5.41) is 11.5. The summed E-state index contributed by atoms with van der Waals surface area (Å²) >= 11 is 6.03. The third-order valence-corrected chi connectivity index (χ3v) is 5.28. The van der Waals surface area contributed by atoms with Crippen molar-refractivity contribution < 1.29 is 19.4 Å². The molecule has 1 aliphatic heterocycles. The van der Waals surface area contributed by atoms with Crippen LogP contribution < -0.4 is 9.64 Å². The van der Waals surface area contributed by atoms with E-state index in [1.807, 2.05) is 6.07 Å². The van der Waals surface area contributed by atoms with Crippen LogP contribution in [0.3, 0.4) is 0 Å². The van der Waals surface area contributed by atoms with Crippen LogP contribution in [0.25, 0.3) is 5.76 Å². The fourth-order valence-electron chi connectivity index (χ4n) is 3.55. The van der Waals surface area contributed by atoms with Crippen molar-refractivity contribution in [2.45, 2.75) is 6.04 Å². The van der Waals surface area contributed by atoms with Gasteiger partial charge in [0.15, 0.2) is 0 Å². The Hall–Kier alpha value is -3.57. The van der Waals surface area contributed by atoms with E-state index in [4.69, 9.17) is 16.3 Å². The maximum Gasteiger partial charge on any atom is 0.300 e. The summed E-state index contributed by atoms with van der Waals surface area (Å²) in [5.41, 5.74) is 1.67. The normalized spacial score (nSPS) is 17.9. The lowest BCUT2D eigenvalue weighted by atomic mass is 9.95. The maximum absolute atomic E-state index is 13.0. The largest absolute Gasteiger partial charge is 0.507 e. The molecule has 0 aromatic heterocycles. The molecule has 0 unspecified atom stereocenters. The van der Waals surface area contributed by atoms with Gasteiger partial charge in [-0.15, -0.1) is 0 Å². The van der Waals surface area contributed by atoms with Gasteiger partial charge in [-0.1, -0.05) is 54.1 Å². The number of hydrogen-bond donors (Lipinski definition) is 1. The van der Waals surface area contributed by atoms with Crippen LogP contribution in [0.1, 0.15) is 17.2 Å². The van der Waals surface area contributed by atoms with Gasteiger partial charge in [0.25, 0.3) is 11.7 Å². The molecule has 1 amide bonds. The number of aliphatic hydroxyl groups excluding tert-OH is 1. The van der Waals surface area contributed by atoms with Gasteiger partial charge in [-0.05, 0) is 42.0 Å². The van der Waals surface area contributed by atoms with Gasteiger partial charge in [-0.25, -0.2) is 0 Å². The van der Waals surface area contributed by atoms with Crippen LogP contribution in [0.15, 0.2) is 84.4 Å². The van der Waals surface area contributed by atoms with Crippen LogP contribution in [0.4, 0.5) is 5.69 Å². The van der Waals surface area contributed by atoms with E-state index in [0.29, 0.717) is 27.6 Å². The van der Waals surface area contributed by atoms with Crippen molar-refractivity contribution in [2.75, 3.05) is 12.0 Å². The van der Waals surface area contributed by atoms with Gasteiger partial charge >= 0.3 is 0 Å². The van der Waals surface area contributed by atoms with E-state index in [0.717, 1.165) is 0 Å². The van der Waals surface area contributed by atoms with Crippen LogP contribution in [-0.4, -0.2) is 23.9 Å². The number of nitrogens with zero attached hydrogens (tertiary/aromatic N) is 1. The molecule has 0 saturated carbocycles. The zero-order valence-electron chi connectivity index (χ0n) is 16.1. The molecule has 1 fully saturated rings. The molecule has 4 rings (SSSR count). The summed E-state index contributed by atoms with van der Waals surface area (Å²) in [7, 11) is 1.55. The van der Waals surface area contributed by atoms with Crippen LogP contribution in [0, 0.1) is 0 Å². The van der Waals surface area contributed by atoms with E-state index in [2.05, 4.69) is 0 Å². The van der Waals surface area contributed by atoms with Crippen molar-refractivity contribution in [1.29, 1.82) is 0 Å². The second-order valence-electron chi connectivity index (χ2n) is 6.78. The number of benzene rings is 3. The number of carbonyl (C=O) groups excluding carboxylic acids is 2. The predicted molar refractivity (Wildman–Crippen MR) is 116 cm³/mol. The van der Waals surface area contributed by atoms with Crippen LogP contribution >= 0.6 is 11.6 Å². The Bertz CT molecular complexity index is 1120. The SMILES string of the molecule is COc1ccc(N2C(=O)C(=O)C(=C(O)c3ccccc3)[C@H]2c2ccc(Cl)cc2)cc1. The van der Waals surface area contributed by atoms with Crippen molar-refractivity contribution in [1.82, 2.24) is 0 Å². The number of amides is 1. The second kappa shape index (κ2) is 8.05. The number of hydrogen-bond acceptors (Lipinski definition) is 4. The minimum absolute atomic E-state index is 0.0318. The molecule has 0 spiro atoms. The highest BCUT2D eigenvalue weighted by molar-refractivity contribution is 6.51. The van der Waals surface area contributed by atoms with Crippen LogP contribution in [-0.2, 0) is 9.59 Å². The number of halogens is 1. The molecule has 6 heteroatoms. The van der Waals surface area contributed by atoms with Gasteiger partial charge in [0.1, 0.15) is 11.5 Å². The Morgan fingerprint density at radius 2 is 1.57 bits per heavy atom. The fraction of sp³-hybridized carbons (Fsp3) is 0.0833. The first-order chi connectivity index (χ1) is 14.5. The molecular weight excluding hydrogens is 402 g/mol. The van der Waals surface area contributed by atoms with Gasteiger partial charge in [-0.2, -0.15) is 0 Å². The molecule has 0 bridgehead atoms. The molecule has 0 radical (unpaired) electrons. The first-order valence-electron chi connectivity index (χ1n) is 9.27. The van der Waals surface area contributed by atoms with E-state index in [1.54, 1.807) is 79.9 Å². The van der Waals surface area contributed by atoms with Gasteiger partial charge in [-0.3, -0.25) is 14.5 Å². The number of methoxy groups -OCH3 is 1. The molecule has 1 atom stereocenters. The van der Waals surface area contributed by atoms with Gasteiger partial charge in [0, 0.05) is 16.3 Å². The lowest BCUT2D eigenvalue weighted by Crippen LogP contribution is -2.29. The highest BCUT2D eigenvalue weighted by Crippen LogP contribution is 2.42. The zero-order chi connectivity index (χ0) is 21.3. The number of ether oxygens (including phenoxy) is 1. The Balaban J connectivity index is 1.92. The highest BCUT2D eigenvalue weighted by atomic mass is 35.5. The van der Waals surface area contributed by atoms with Crippen molar-refractivity contribution in [2.24, 2.45) is 0 Å². The maximum atomic E-state index is 13.0. The molecule has 5 nitrogen and oxygen atoms in total. The first kappa shape index (κ1) is 19.7. The number of anilines is 1. The monoisotopic (exact) mass is 419 g/mol. The Labute approximate surface area is 178 Å². The molecule has 150 valence electrons. The number of ketones is 1. The lowest BCUT2D eigenvalue weighted by Gasteiger charge is -2.25. The Kier molecular flexibility index (Phi) is 5.29. The molecule has 3 aromatic carbocycles. The smallest absolute Gasteiger partial charge is 0.300 e. The summed E-state index contributed by atoms with van der Waals surface area (Å²) in [6.07, 6.45) is 0. The van der Waals surface area contributed by atoms with Crippen LogP contribution in [0.2, 0.25) is 5.02 Å². The third kappa shape index (κ3) is 3.44. The predicted octanol–water partition coefficient (Wildman–Crippen LogP) is 4.97. The summed E-state index contributed by atoms with van der Waals surface area (Å²) in [5.74, 6) is -1.04. The molecule has 1 N–H and O–H groups in total. The molecule has 1 saturated heterocycles. The summed E-state index contributed by atoms with van der Waals surface area (Å²) < 4.78 is 5.19. The zero-order valence-corrected chi connectivity index (χ0v) is 16.8. The van der Waals surface area contributed by atoms with E-state index in [-0.39, 0.29) is 11.3 Å². The van der Waals surface area contributed by atoms with E-state index in [1.165, 1.54) is 4.90 Å². The average Bonchev–Trinajstić information content (AvgIpc) is 3.05. The lowest BCUT2D eigenvalue weighted by molar-refractivity contribution is -0.132. The third-order valence-electron chi connectivity index (χ3n) is 5.03.